The van der Waals surface area contributed by atoms with Gasteiger partial charge in [-0.15, -0.1) is 0 Å². The molecule has 0 aliphatic heterocycles. The number of nitrogens with one attached hydrogen (secondary N) is 3. The van der Waals surface area contributed by atoms with Crippen molar-refractivity contribution in [2.45, 2.75) is 223 Å². The lowest BCUT2D eigenvalue weighted by molar-refractivity contribution is -0.386. The number of ketones is 2. The highest BCUT2D eigenvalue weighted by atomic mass is 33.5. The van der Waals surface area contributed by atoms with Crippen LogP contribution in [0.5, 0.6) is 0 Å². The molecule has 0 radical (unpaired) electrons. The Morgan fingerprint density at radius 3 is 0.927 bits per heavy atom. The van der Waals surface area contributed by atoms with Crippen molar-refractivity contribution in [1.29, 1.82) is 0 Å². The van der Waals surface area contributed by atoms with E-state index in [-0.39, 0.29) is 59.9 Å². The number of halogens is 3. The summed E-state index contributed by atoms with van der Waals surface area (Å²) in [5.74, 6) is -4.41. The number of quaternary nitrogens is 1. The van der Waals surface area contributed by atoms with Crippen LogP contribution in [-0.4, -0.2) is 118 Å². The zero-order chi connectivity index (χ0) is 100. The van der Waals surface area contributed by atoms with Crippen LogP contribution in [0, 0.1) is 68.0 Å². The van der Waals surface area contributed by atoms with E-state index < -0.39 is 100 Å². The van der Waals surface area contributed by atoms with E-state index in [1.54, 1.807) is 107 Å². The van der Waals surface area contributed by atoms with Crippen molar-refractivity contribution in [2.75, 3.05) is 26.3 Å². The molecule has 6 aliphatic carbocycles. The molecule has 6 fully saturated rings. The number of amides is 1. The summed E-state index contributed by atoms with van der Waals surface area (Å²) in [6.45, 7) is 24.7. The first kappa shape index (κ1) is 135. The standard InChI is InChI=1S/C35H54N2O7.C30H46N2O5.C2HF3O2.CH4.S48/c1-8-33(6)17-27(43-28(40)21-38)34(7)22(2)13-15-35(16-14-26(39)29(34)35)25(30(33)41)20-36-18-23-9-11-24(12-10-23)19-37-31(42)44-32(3,4)5;1-5-28(3)14-24(37-25(35)18-33)29(4)19(2)10-12-30(13-11-23(34)26(29)30)22(27(28)36)17-32-16-21-8-6-20(15-31)7-9-21;3-2(4,5)1(6)7;;1-3-5-7-9-11-13-15-17-19-21-23-25-27-29-31-33-35-37-39-41-43-45-47-48-46-44-42-40-38-36-34-32-30-28-26-24-22-20-18-16-14-12-10-8-6-4-2/h9-12,22,25,27,29-30,36,38,41H,8,13-21H2,1-7H3,(H,37,42);6-9,19,22,24,26-27,32-33,36H,5,10-18,31H2,1-4H3;(H,6,7);1H4;/t22-,25+,27-,29?,30+,33+,34+,35+;19-,22+,24-,26?,27+,28+,29+,30+;;;/m11.../s1. The largest absolute Gasteiger partial charge is 0.542 e. The predicted octanol–water partition coefficient (Wildman–Crippen LogP) is 7.34. The van der Waals surface area contributed by atoms with Gasteiger partial charge in [0.1, 0.15) is 48.6 Å². The first-order valence-electron chi connectivity index (χ1n) is 39.6. The number of aliphatic hydroxyl groups excluding tert-OH is 4. The summed E-state index contributed by atoms with van der Waals surface area (Å²) >= 11 is 9.62. The van der Waals surface area contributed by atoms with Crippen molar-refractivity contribution >= 4 is 466 Å². The van der Waals surface area contributed by atoms with Crippen LogP contribution in [0.2, 0.25) is 0 Å². The Hall–Kier alpha value is 5.53. The maximum absolute atomic E-state index is 13.8. The summed E-state index contributed by atoms with van der Waals surface area (Å²) < 4.78 is 48.8. The predicted molar refractivity (Wildman–Crippen MR) is 680 cm³/mol. The normalized spacial score (nSPS) is 25.3. The summed E-state index contributed by atoms with van der Waals surface area (Å²) in [5, 5.41) is 62.2. The van der Waals surface area contributed by atoms with Crippen LogP contribution < -0.4 is 26.8 Å². The number of hydrogen-bond acceptors (Lipinski definition) is 18. The number of alkyl halides is 3. The smallest absolute Gasteiger partial charge is 0.430 e. The van der Waals surface area contributed by atoms with E-state index in [0.717, 1.165) is 62.6 Å². The molecule has 6 aliphatic rings. The molecule has 0 heterocycles. The third-order valence-electron chi connectivity index (χ3n) is 23.7. The Balaban J connectivity index is 0.000000414. The van der Waals surface area contributed by atoms with Crippen LogP contribution in [0.1, 0.15) is 183 Å². The Morgan fingerprint density at radius 2 is 0.701 bits per heavy atom. The first-order valence-corrected chi connectivity index (χ1v) is 102. The number of carboxylic acid groups (broad SMARTS) is 1. The summed E-state index contributed by atoms with van der Waals surface area (Å²) in [5.41, 5.74) is 4.92. The van der Waals surface area contributed by atoms with Gasteiger partial charge in [-0.05, 0) is 135 Å². The molecule has 2 aromatic rings. The minimum absolute atomic E-state index is 0. The van der Waals surface area contributed by atoms with Gasteiger partial charge in [0.2, 0.25) is 0 Å². The van der Waals surface area contributed by atoms with Crippen molar-refractivity contribution in [2.24, 2.45) is 68.0 Å². The summed E-state index contributed by atoms with van der Waals surface area (Å²) in [6.07, 6.45) is 0.238. The highest BCUT2D eigenvalue weighted by Gasteiger charge is 2.71. The van der Waals surface area contributed by atoms with Crippen molar-refractivity contribution in [1.82, 2.24) is 16.0 Å². The van der Waals surface area contributed by atoms with Crippen LogP contribution in [0.3, 0.4) is 0 Å². The number of carbonyl (C=O) groups excluding carboxylic acids is 6. The molecule has 4 bridgehead atoms. The van der Waals surface area contributed by atoms with Gasteiger partial charge in [-0.1, -0.05) is 111 Å². The number of carboxylic acids is 1. The molecular formula is C68H105F3N4O14S48. The van der Waals surface area contributed by atoms with Gasteiger partial charge in [-0.2, -0.15) is 13.2 Å². The number of aliphatic carboxylic acids is 1. The van der Waals surface area contributed by atoms with Crippen LogP contribution in [0.15, 0.2) is 48.5 Å². The van der Waals surface area contributed by atoms with Gasteiger partial charge >= 0.3 is 24.2 Å². The molecule has 0 saturated heterocycles. The molecule has 1 amide bonds. The second-order valence-electron chi connectivity index (χ2n) is 31.6. The zero-order valence-electron chi connectivity index (χ0n) is 73.3. The van der Waals surface area contributed by atoms with E-state index in [9.17, 15) is 57.6 Å². The second kappa shape index (κ2) is 74.6. The lowest BCUT2D eigenvalue weighted by atomic mass is 9.43. The quantitative estimate of drug-likeness (QED) is 0.0567. The van der Waals surface area contributed by atoms with Crippen LogP contribution >= 0.6 is 0 Å². The van der Waals surface area contributed by atoms with Crippen molar-refractivity contribution in [3.63, 3.8) is 0 Å². The molecule has 2 aromatic carbocycles. The average molecular weight is 2800 g/mol. The maximum atomic E-state index is 13.8. The molecule has 0 spiro atoms. The number of ether oxygens (including phenoxy) is 3. The third-order valence-corrected chi connectivity index (χ3v) is 124. The molecule has 790 valence electrons. The molecule has 8 rings (SSSR count). The summed E-state index contributed by atoms with van der Waals surface area (Å²) in [6, 6.07) is 16.5. The SMILES string of the molecule is C.CC[C@@]1(C)C[C@@H](OC(=O)CO)[C@@]2(C)C3C(=O)CC[C@@]3(CC[C@H]2C)[C@@H](CNCc2ccc(CNC(=O)OC(C)(C)C)cc2)[C@@H]1O.CC[C@@]1(C)C[C@@H](OC(=O)CO)[C@@]2(C)C3C(=O)CC[C@@]3(CC[C@H]2C)[C@@H](CNCc2ccc(C[NH3+])cc2)[C@@H]1O.O=C([O-])C(F)(F)F.S=S=S=S=S=S=S=S=S=S=S=S=S=S=S=S=S=S=S=S=S=S=S=S=S=S=S=S=S=S=S=S=S=S=S=S=S=S=S=S=S=S=S=S=S=S=S=S. The molecular weight excluding hydrogens is 2690 g/mol. The van der Waals surface area contributed by atoms with E-state index in [2.05, 4.69) is 101 Å². The highest BCUT2D eigenvalue weighted by molar-refractivity contribution is 8.82. The Labute approximate surface area is 941 Å². The Kier molecular flexibility index (Phi) is 73.4. The fraction of sp³-hybridized carbons (Fsp3) is 0.735. The lowest BCUT2D eigenvalue weighted by Crippen LogP contribution is -2.65. The molecule has 16 atom stereocenters. The minimum atomic E-state index is -5.19. The summed E-state index contributed by atoms with van der Waals surface area (Å²) in [4.78, 5) is 73.1. The number of aliphatic hydroxyl groups is 4. The fourth-order valence-corrected chi connectivity index (χ4v) is 138. The Morgan fingerprint density at radius 1 is 0.453 bits per heavy atom. The van der Waals surface area contributed by atoms with Crippen LogP contribution in [0.25, 0.3) is 0 Å². The third kappa shape index (κ3) is 47.6. The van der Waals surface area contributed by atoms with Crippen molar-refractivity contribution in [3.05, 3.63) is 70.8 Å². The summed E-state index contributed by atoms with van der Waals surface area (Å²) in [7, 11) is 82.0. The molecule has 6 saturated carbocycles. The number of rotatable bonds is 17. The van der Waals surface area contributed by atoms with E-state index >= 15 is 0 Å². The van der Waals surface area contributed by atoms with Crippen LogP contribution in [0.4, 0.5) is 18.0 Å². The van der Waals surface area contributed by atoms with Crippen molar-refractivity contribution in [3.8, 4) is 0 Å². The van der Waals surface area contributed by atoms with Gasteiger partial charge in [-0.25, -0.2) is 14.4 Å². The highest BCUT2D eigenvalue weighted by Crippen LogP contribution is 2.70. The van der Waals surface area contributed by atoms with Gasteiger partial charge in [0.05, 0.1) is 18.8 Å². The molecule has 18 nitrogen and oxygen atoms in total. The lowest BCUT2D eigenvalue weighted by Gasteiger charge is -2.62. The molecule has 10 N–H and O–H groups in total. The minimum Gasteiger partial charge on any atom is -0.542 e. The van der Waals surface area contributed by atoms with E-state index in [1.807, 2.05) is 329 Å². The number of esters is 2. The van der Waals surface area contributed by atoms with Crippen LogP contribution in [-0.2, 0) is 495 Å². The van der Waals surface area contributed by atoms with E-state index in [4.69, 9.17) is 46.5 Å². The fourth-order valence-electron chi connectivity index (χ4n) is 17.3. The molecule has 137 heavy (non-hydrogen) atoms. The molecule has 69 heteroatoms. The van der Waals surface area contributed by atoms with Gasteiger partial charge in [0.15, 0.2) is 0 Å². The zero-order valence-corrected chi connectivity index (χ0v) is 113. The Bertz CT molecular complexity index is 6720. The molecule has 2 unspecified atom stereocenters. The average Bonchev–Trinajstić information content (AvgIpc) is 1.63. The van der Waals surface area contributed by atoms with E-state index in [0.29, 0.717) is 64.8 Å². The monoisotopic (exact) mass is 2790 g/mol. The topological polar surface area (TPSA) is 298 Å². The van der Waals surface area contributed by atoms with Gasteiger partial charge < -0.3 is 66.2 Å². The number of benzene rings is 2. The van der Waals surface area contributed by atoms with Crippen molar-refractivity contribution < 1.29 is 87.4 Å². The number of carbonyl (C=O) groups is 6. The molecule has 0 aromatic heterocycles. The number of alkyl carbamates (subject to hydrolysis) is 1. The van der Waals surface area contributed by atoms with Gasteiger partial charge in [0, 0.05) is 517 Å². The van der Waals surface area contributed by atoms with Gasteiger partial charge in [-0.3, -0.25) is 9.59 Å². The second-order valence-corrected chi connectivity index (χ2v) is 113. The first-order chi connectivity index (χ1) is 65.0. The van der Waals surface area contributed by atoms with Gasteiger partial charge in [0.25, 0.3) is 0 Å². The number of hydrogen-bond donors (Lipinski definition) is 8. The number of Topliss-reactive ketones (excluding diaryl/α,β-unsaturated/α-hetero) is 2. The van der Waals surface area contributed by atoms with E-state index in [1.165, 1.54) is 28.9 Å². The maximum Gasteiger partial charge on any atom is 0.430 e.